The minimum absolute atomic E-state index is 0.00502. The molecule has 0 aliphatic carbocycles. The van der Waals surface area contributed by atoms with Crippen molar-refractivity contribution in [1.82, 2.24) is 4.31 Å². The summed E-state index contributed by atoms with van der Waals surface area (Å²) in [6.45, 7) is 0.305. The normalized spacial score (nSPS) is 15.8. The number of anilines is 1. The van der Waals surface area contributed by atoms with E-state index in [2.05, 4.69) is 5.32 Å². The van der Waals surface area contributed by atoms with Gasteiger partial charge in [-0.2, -0.15) is 4.31 Å². The minimum atomic E-state index is -4.23. The Labute approximate surface area is 176 Å². The first-order valence-electron chi connectivity index (χ1n) is 9.50. The monoisotopic (exact) mass is 460 g/mol. The second-order valence-electron chi connectivity index (χ2n) is 7.21. The molecule has 2 aromatic rings. The van der Waals surface area contributed by atoms with Crippen molar-refractivity contribution in [2.75, 3.05) is 25.0 Å². The number of nitrogens with one attached hydrogen (secondary N) is 1. The van der Waals surface area contributed by atoms with Crippen LogP contribution < -0.4 is 5.32 Å². The fourth-order valence-corrected chi connectivity index (χ4v) is 4.99. The lowest BCUT2D eigenvalue weighted by Gasteiger charge is -2.31. The van der Waals surface area contributed by atoms with Gasteiger partial charge in [-0.1, -0.05) is 0 Å². The Morgan fingerprint density at radius 2 is 1.65 bits per heavy atom. The lowest BCUT2D eigenvalue weighted by Crippen LogP contribution is -2.39. The molecule has 0 radical (unpaired) electrons. The molecule has 0 spiro atoms. The maximum atomic E-state index is 14.3. The molecule has 1 aliphatic rings. The summed E-state index contributed by atoms with van der Waals surface area (Å²) in [5, 5.41) is 11.1. The molecule has 1 amide bonds. The van der Waals surface area contributed by atoms with Gasteiger partial charge in [-0.3, -0.25) is 4.79 Å². The van der Waals surface area contributed by atoms with Gasteiger partial charge in [0.05, 0.1) is 0 Å². The Morgan fingerprint density at radius 3 is 2.23 bits per heavy atom. The second-order valence-corrected chi connectivity index (χ2v) is 9.12. The number of carbonyl (C=O) groups is 1. The Balaban J connectivity index is 1.82. The van der Waals surface area contributed by atoms with E-state index >= 15 is 0 Å². The van der Waals surface area contributed by atoms with Gasteiger partial charge in [0.1, 0.15) is 10.7 Å². The van der Waals surface area contributed by atoms with Crippen molar-refractivity contribution in [3.63, 3.8) is 0 Å². The van der Waals surface area contributed by atoms with Crippen LogP contribution in [0.1, 0.15) is 29.6 Å². The fourth-order valence-electron chi connectivity index (χ4n) is 3.43. The van der Waals surface area contributed by atoms with E-state index in [0.29, 0.717) is 31.4 Å². The highest BCUT2D eigenvalue weighted by atomic mass is 32.2. The molecular formula is C20H20F4N2O4S. The number of piperidine rings is 1. The number of benzene rings is 2. The van der Waals surface area contributed by atoms with Crippen LogP contribution in [0.2, 0.25) is 0 Å². The molecule has 1 aliphatic heterocycles. The van der Waals surface area contributed by atoms with Crippen LogP contribution in [-0.4, -0.2) is 43.4 Å². The molecule has 11 heteroatoms. The molecule has 6 nitrogen and oxygen atoms in total. The molecule has 1 heterocycles. The highest BCUT2D eigenvalue weighted by molar-refractivity contribution is 7.89. The standard InChI is InChI=1S/C20H20F4N2O4S/c21-15-2-1-13(20(28)25-14-10-16(22)19(24)17(23)11-14)9-18(15)31(29,30)26-6-3-12(4-7-26)5-8-27/h1-2,9-12,27H,3-8H2,(H,25,28). The zero-order valence-corrected chi connectivity index (χ0v) is 17.1. The molecule has 0 atom stereocenters. The van der Waals surface area contributed by atoms with Gasteiger partial charge in [0.2, 0.25) is 10.0 Å². The quantitative estimate of drug-likeness (QED) is 0.512. The summed E-state index contributed by atoms with van der Waals surface area (Å²) in [6.07, 6.45) is 1.59. The van der Waals surface area contributed by atoms with Gasteiger partial charge in [-0.15, -0.1) is 0 Å². The van der Waals surface area contributed by atoms with Gasteiger partial charge in [0.15, 0.2) is 17.5 Å². The van der Waals surface area contributed by atoms with E-state index in [1.807, 2.05) is 0 Å². The lowest BCUT2D eigenvalue weighted by molar-refractivity contribution is 0.102. The highest BCUT2D eigenvalue weighted by Gasteiger charge is 2.32. The highest BCUT2D eigenvalue weighted by Crippen LogP contribution is 2.27. The van der Waals surface area contributed by atoms with E-state index in [0.717, 1.165) is 22.5 Å². The first-order valence-corrected chi connectivity index (χ1v) is 10.9. The van der Waals surface area contributed by atoms with Crippen LogP contribution in [0.4, 0.5) is 23.2 Å². The number of nitrogens with zero attached hydrogens (tertiary/aromatic N) is 1. The molecule has 2 aromatic carbocycles. The zero-order valence-electron chi connectivity index (χ0n) is 16.2. The number of hydrogen-bond donors (Lipinski definition) is 2. The number of amides is 1. The number of carbonyl (C=O) groups excluding carboxylic acids is 1. The van der Waals surface area contributed by atoms with E-state index in [9.17, 15) is 30.8 Å². The number of sulfonamides is 1. The summed E-state index contributed by atoms with van der Waals surface area (Å²) < 4.78 is 81.0. The minimum Gasteiger partial charge on any atom is -0.396 e. The van der Waals surface area contributed by atoms with Crippen molar-refractivity contribution >= 4 is 21.6 Å². The first-order chi connectivity index (χ1) is 14.6. The molecule has 0 unspecified atom stereocenters. The Kier molecular flexibility index (Phi) is 6.97. The van der Waals surface area contributed by atoms with Gasteiger partial charge in [-0.25, -0.2) is 26.0 Å². The smallest absolute Gasteiger partial charge is 0.255 e. The summed E-state index contributed by atoms with van der Waals surface area (Å²) in [4.78, 5) is 11.7. The van der Waals surface area contributed by atoms with Crippen LogP contribution >= 0.6 is 0 Å². The van der Waals surface area contributed by atoms with Crippen molar-refractivity contribution in [2.45, 2.75) is 24.2 Å². The molecule has 1 saturated heterocycles. The van der Waals surface area contributed by atoms with Gasteiger partial charge < -0.3 is 10.4 Å². The summed E-state index contributed by atoms with van der Waals surface area (Å²) in [7, 11) is -4.23. The summed E-state index contributed by atoms with van der Waals surface area (Å²) in [5.74, 6) is -6.55. The SMILES string of the molecule is O=C(Nc1cc(F)c(F)c(F)c1)c1ccc(F)c(S(=O)(=O)N2CCC(CCO)CC2)c1. The van der Waals surface area contributed by atoms with E-state index < -0.39 is 44.1 Å². The van der Waals surface area contributed by atoms with Crippen LogP contribution in [0.25, 0.3) is 0 Å². The topological polar surface area (TPSA) is 86.7 Å². The van der Waals surface area contributed by atoms with Crippen molar-refractivity contribution in [2.24, 2.45) is 5.92 Å². The van der Waals surface area contributed by atoms with E-state index in [1.54, 1.807) is 0 Å². The van der Waals surface area contributed by atoms with Gasteiger partial charge in [0.25, 0.3) is 5.91 Å². The molecule has 168 valence electrons. The van der Waals surface area contributed by atoms with Crippen molar-refractivity contribution in [3.8, 4) is 0 Å². The predicted molar refractivity (Wildman–Crippen MR) is 104 cm³/mol. The fraction of sp³-hybridized carbons (Fsp3) is 0.350. The number of hydrogen-bond acceptors (Lipinski definition) is 4. The first kappa shape index (κ1) is 23.2. The molecule has 2 N–H and O–H groups in total. The van der Waals surface area contributed by atoms with Crippen LogP contribution in [0.5, 0.6) is 0 Å². The van der Waals surface area contributed by atoms with Crippen molar-refractivity contribution in [3.05, 3.63) is 59.2 Å². The van der Waals surface area contributed by atoms with Crippen LogP contribution in [0.3, 0.4) is 0 Å². The molecular weight excluding hydrogens is 440 g/mol. The number of aliphatic hydroxyl groups excluding tert-OH is 1. The summed E-state index contributed by atoms with van der Waals surface area (Å²) >= 11 is 0. The average Bonchev–Trinajstić information content (AvgIpc) is 2.72. The Bertz CT molecular complexity index is 1060. The summed E-state index contributed by atoms with van der Waals surface area (Å²) in [5.41, 5.74) is -0.652. The second kappa shape index (κ2) is 9.33. The van der Waals surface area contributed by atoms with Crippen LogP contribution in [-0.2, 0) is 10.0 Å². The van der Waals surface area contributed by atoms with Gasteiger partial charge >= 0.3 is 0 Å². The largest absolute Gasteiger partial charge is 0.396 e. The molecule has 3 rings (SSSR count). The molecule has 0 aromatic heterocycles. The van der Waals surface area contributed by atoms with Crippen LogP contribution in [0, 0.1) is 29.2 Å². The molecule has 0 saturated carbocycles. The molecule has 31 heavy (non-hydrogen) atoms. The molecule has 0 bridgehead atoms. The maximum absolute atomic E-state index is 14.3. The number of halogens is 4. The average molecular weight is 460 g/mol. The Morgan fingerprint density at radius 1 is 1.03 bits per heavy atom. The van der Waals surface area contributed by atoms with E-state index in [1.165, 1.54) is 0 Å². The third-order valence-corrected chi connectivity index (χ3v) is 7.08. The summed E-state index contributed by atoms with van der Waals surface area (Å²) in [6, 6.07) is 3.80. The van der Waals surface area contributed by atoms with Crippen molar-refractivity contribution in [1.29, 1.82) is 0 Å². The third kappa shape index (κ3) is 5.05. The maximum Gasteiger partial charge on any atom is 0.255 e. The number of rotatable bonds is 6. The zero-order chi connectivity index (χ0) is 22.8. The van der Waals surface area contributed by atoms with Gasteiger partial charge in [-0.05, 0) is 43.4 Å². The predicted octanol–water partition coefficient (Wildman–Crippen LogP) is 3.28. The third-order valence-electron chi connectivity index (χ3n) is 5.16. The van der Waals surface area contributed by atoms with Gasteiger partial charge in [0, 0.05) is 43.1 Å². The van der Waals surface area contributed by atoms with Crippen LogP contribution in [0.15, 0.2) is 35.2 Å². The van der Waals surface area contributed by atoms with Crippen molar-refractivity contribution < 1.29 is 35.9 Å². The number of aliphatic hydroxyl groups is 1. The molecule has 1 fully saturated rings. The van der Waals surface area contributed by atoms with E-state index in [4.69, 9.17) is 5.11 Å². The van der Waals surface area contributed by atoms with E-state index in [-0.39, 0.29) is 36.9 Å². The Hall–Kier alpha value is -2.50. The lowest BCUT2D eigenvalue weighted by atomic mass is 9.95.